The monoisotopic (exact) mass is 1240 g/mol. The third-order valence-electron chi connectivity index (χ3n) is 15.5. The molecule has 0 spiro atoms. The molecule has 0 atom stereocenters. The van der Waals surface area contributed by atoms with Crippen molar-refractivity contribution in [1.82, 2.24) is 84.1 Å². The minimum absolute atomic E-state index is 0.0629. The Balaban J connectivity index is 0.000000120. The summed E-state index contributed by atoms with van der Waals surface area (Å²) < 4.78 is 7.16. The number of aryl methyl sites for hydroxylation is 2. The van der Waals surface area contributed by atoms with E-state index in [1.807, 2.05) is 85.2 Å². The van der Waals surface area contributed by atoms with E-state index < -0.39 is 0 Å². The lowest BCUT2D eigenvalue weighted by molar-refractivity contribution is -0.125. The van der Waals surface area contributed by atoms with Gasteiger partial charge in [0.25, 0.3) is 17.7 Å². The summed E-state index contributed by atoms with van der Waals surface area (Å²) in [4.78, 5) is 102. The summed E-state index contributed by atoms with van der Waals surface area (Å²) in [5.41, 5.74) is 10.4. The van der Waals surface area contributed by atoms with E-state index in [2.05, 4.69) is 88.1 Å². The molecule has 6 fully saturated rings. The summed E-state index contributed by atoms with van der Waals surface area (Å²) in [6, 6.07) is 18.8. The van der Waals surface area contributed by atoms with Crippen LogP contribution in [-0.4, -0.2) is 122 Å². The second kappa shape index (κ2) is 24.7. The average molecular weight is 1240 g/mol. The van der Waals surface area contributed by atoms with Crippen molar-refractivity contribution in [2.75, 3.05) is 31.9 Å². The Kier molecular flexibility index (Phi) is 15.5. The van der Waals surface area contributed by atoms with Crippen LogP contribution in [0.25, 0.3) is 40.8 Å². The lowest BCUT2D eigenvalue weighted by Crippen LogP contribution is -2.19. The molecule has 3 aliphatic carbocycles. The number of rotatable bonds is 18. The van der Waals surface area contributed by atoms with Gasteiger partial charge in [-0.05, 0) is 94.9 Å². The van der Waals surface area contributed by atoms with E-state index in [-0.39, 0.29) is 54.7 Å². The summed E-state index contributed by atoms with van der Waals surface area (Å²) in [6.07, 6.45) is 24.3. The molecule has 6 aliphatic rings. The van der Waals surface area contributed by atoms with E-state index in [1.54, 1.807) is 62.8 Å². The predicted octanol–water partition coefficient (Wildman–Crippen LogP) is 5.49. The van der Waals surface area contributed by atoms with Crippen LogP contribution >= 0.6 is 0 Å². The maximum atomic E-state index is 12.0. The summed E-state index contributed by atoms with van der Waals surface area (Å²) in [7, 11) is 0. The van der Waals surface area contributed by atoms with Crippen LogP contribution in [-0.2, 0) is 48.4 Å². The van der Waals surface area contributed by atoms with Crippen molar-refractivity contribution in [3.63, 3.8) is 0 Å². The Bertz CT molecular complexity index is 4680. The first-order valence-electron chi connectivity index (χ1n) is 30.2. The minimum atomic E-state index is -0.372. The molecule has 10 aromatic rings. The number of aromatic nitrogens is 14. The Morgan fingerprint density at radius 3 is 1.30 bits per heavy atom. The molecule has 10 aromatic heterocycles. The number of imide groups is 3. The number of carbonyl (C=O) groups is 6. The number of hydrogen-bond acceptors (Lipinski definition) is 22. The Morgan fingerprint density at radius 1 is 0.467 bits per heavy atom. The number of pyridine rings is 2. The molecule has 13 heterocycles. The minimum Gasteiger partial charge on any atom is -0.367 e. The van der Waals surface area contributed by atoms with Crippen molar-refractivity contribution in [1.29, 1.82) is 0 Å². The van der Waals surface area contributed by atoms with Gasteiger partial charge in [0.15, 0.2) is 16.9 Å². The first-order chi connectivity index (χ1) is 44.7. The Labute approximate surface area is 523 Å². The number of amides is 6. The number of fused-ring (bicyclic) bond motifs is 4. The second-order valence-electron chi connectivity index (χ2n) is 23.2. The summed E-state index contributed by atoms with van der Waals surface area (Å²) in [5, 5.41) is 40.7. The maximum absolute atomic E-state index is 12.0. The van der Waals surface area contributed by atoms with E-state index in [1.165, 1.54) is 0 Å². The van der Waals surface area contributed by atoms with Crippen LogP contribution in [0.2, 0.25) is 0 Å². The molecular weight excluding hydrogens is 1170 g/mol. The molecule has 3 aliphatic heterocycles. The van der Waals surface area contributed by atoms with Gasteiger partial charge in [-0.15, -0.1) is 0 Å². The first-order valence-corrected chi connectivity index (χ1v) is 30.2. The van der Waals surface area contributed by atoms with Crippen LogP contribution in [0.1, 0.15) is 103 Å². The SMILES string of the molecule is Cc1cccc(CNc2cc(NC3CC3)n3ncc(/C=C4\CC(=O)NC4=O)c3n2)n1.Cc1cnc(CNc2cc(NC3CC3)n3ncc(/C=C4\CC(=O)NC4=O)c3n2)cn1.O=C1C/C(=C\c2cnn3c(NC4CC4)cc(NCc4cn5ccccc5n4)nc23)C(=O)N1. The van der Waals surface area contributed by atoms with Gasteiger partial charge in [0.2, 0.25) is 17.7 Å². The van der Waals surface area contributed by atoms with E-state index in [0.29, 0.717) is 106 Å². The molecule has 464 valence electrons. The smallest absolute Gasteiger partial charge is 0.254 e. The van der Waals surface area contributed by atoms with Gasteiger partial charge in [-0.2, -0.15) is 28.8 Å². The standard InChI is InChI=1S/C22H20N8O2.C21H21N7O2.C20H20N8O2/c31-20-8-13(22(32)28-20)7-14-10-24-30-19(25-15-4-5-15)9-17(27-21(14)30)23-11-16-12-29-6-2-1-3-18(29)26-16;1-12-3-2-4-16(24-12)11-22-17-9-18(25-15-5-6-15)28-20(26-17)14(10-23-28)7-13-8-19(29)27-21(13)30;1-11-7-22-15(9-21-11)10-23-16-6-17(25-14-2-3-14)28-19(26-16)13(8-24-28)4-12-5-18(29)27-20(12)30/h1-3,6-7,9-10,12,15,25H,4-5,8,11H2,(H,23,27)(H,28,31,32);2-4,7,9-10,15,25H,5-6,8,11H2,1H3,(H,22,26)(H,27,29,30);4,6-9,14,25H,2-3,5,10H2,1H3,(H,23,26)(H,27,29,30)/b2*13-7+;12-4+. The molecule has 0 bridgehead atoms. The summed E-state index contributed by atoms with van der Waals surface area (Å²) >= 11 is 0. The van der Waals surface area contributed by atoms with Crippen molar-refractivity contribution < 1.29 is 28.8 Å². The lowest BCUT2D eigenvalue weighted by atomic mass is 10.1. The van der Waals surface area contributed by atoms with Crippen molar-refractivity contribution in [2.45, 2.75) is 109 Å². The third-order valence-corrected chi connectivity index (χ3v) is 15.5. The fourth-order valence-corrected chi connectivity index (χ4v) is 10.4. The van der Waals surface area contributed by atoms with Crippen LogP contribution in [0, 0.1) is 13.8 Å². The van der Waals surface area contributed by atoms with Gasteiger partial charge >= 0.3 is 0 Å². The van der Waals surface area contributed by atoms with Crippen molar-refractivity contribution in [3.8, 4) is 0 Å². The molecule has 3 saturated heterocycles. The van der Waals surface area contributed by atoms with Crippen LogP contribution < -0.4 is 47.9 Å². The average Bonchev–Trinajstić information content (AvgIpc) is 1.66. The van der Waals surface area contributed by atoms with E-state index in [0.717, 1.165) is 90.1 Å². The topological polar surface area (TPSA) is 357 Å². The fraction of sp³-hybridized carbons (Fsp3) is 0.270. The largest absolute Gasteiger partial charge is 0.367 e. The molecule has 6 amide bonds. The highest BCUT2D eigenvalue weighted by Gasteiger charge is 2.30. The molecule has 9 N–H and O–H groups in total. The molecule has 0 aromatic carbocycles. The van der Waals surface area contributed by atoms with E-state index >= 15 is 0 Å². The number of carbonyl (C=O) groups excluding carboxylic acids is 6. The summed E-state index contributed by atoms with van der Waals surface area (Å²) in [6.45, 7) is 5.37. The van der Waals surface area contributed by atoms with Crippen LogP contribution in [0.4, 0.5) is 34.9 Å². The van der Waals surface area contributed by atoms with Crippen LogP contribution in [0.3, 0.4) is 0 Å². The van der Waals surface area contributed by atoms with E-state index in [4.69, 9.17) is 9.97 Å². The Hall–Kier alpha value is -11.8. The van der Waals surface area contributed by atoms with Gasteiger partial charge in [-0.1, -0.05) is 12.1 Å². The molecule has 16 rings (SSSR count). The molecular formula is C63H61N23O6. The molecule has 92 heavy (non-hydrogen) atoms. The van der Waals surface area contributed by atoms with Crippen molar-refractivity contribution in [2.24, 2.45) is 0 Å². The molecule has 3 saturated carbocycles. The third kappa shape index (κ3) is 13.5. The first kappa shape index (κ1) is 57.9. The Morgan fingerprint density at radius 2 is 0.913 bits per heavy atom. The number of nitrogens with zero attached hydrogens (tertiary/aromatic N) is 14. The fourth-order valence-electron chi connectivity index (χ4n) is 10.4. The molecule has 29 nitrogen and oxygen atoms in total. The summed E-state index contributed by atoms with van der Waals surface area (Å²) in [5.74, 6) is 2.49. The molecule has 29 heteroatoms. The van der Waals surface area contributed by atoms with Gasteiger partial charge in [-0.25, -0.2) is 19.9 Å². The number of imidazole rings is 1. The highest BCUT2D eigenvalue weighted by atomic mass is 16.2. The zero-order chi connectivity index (χ0) is 63.0. The normalized spacial score (nSPS) is 17.5. The van der Waals surface area contributed by atoms with Crippen LogP contribution in [0.5, 0.6) is 0 Å². The van der Waals surface area contributed by atoms with Gasteiger partial charge in [0, 0.05) is 94.0 Å². The quantitative estimate of drug-likeness (QED) is 0.0379. The van der Waals surface area contributed by atoms with Crippen molar-refractivity contribution in [3.05, 3.63) is 160 Å². The highest BCUT2D eigenvalue weighted by Crippen LogP contribution is 2.32. The zero-order valence-electron chi connectivity index (χ0n) is 49.9. The van der Waals surface area contributed by atoms with Crippen LogP contribution in [0.15, 0.2) is 115 Å². The molecule has 0 radical (unpaired) electrons. The predicted molar refractivity (Wildman–Crippen MR) is 339 cm³/mol. The maximum Gasteiger partial charge on any atom is 0.254 e. The van der Waals surface area contributed by atoms with Gasteiger partial charge in [-0.3, -0.25) is 59.7 Å². The number of hydrogen-bond donors (Lipinski definition) is 9. The van der Waals surface area contributed by atoms with Gasteiger partial charge in [0.1, 0.15) is 40.6 Å². The van der Waals surface area contributed by atoms with Gasteiger partial charge < -0.3 is 36.3 Å². The molecule has 0 unspecified atom stereocenters. The number of nitrogens with one attached hydrogen (secondary N) is 9. The number of anilines is 6. The van der Waals surface area contributed by atoms with Crippen molar-refractivity contribution >= 4 is 111 Å². The second-order valence-corrected chi connectivity index (χ2v) is 23.2. The lowest BCUT2D eigenvalue weighted by Gasteiger charge is -2.11. The van der Waals surface area contributed by atoms with E-state index in [9.17, 15) is 28.8 Å². The van der Waals surface area contributed by atoms with Gasteiger partial charge in [0.05, 0.1) is 86.5 Å². The zero-order valence-corrected chi connectivity index (χ0v) is 49.9. The highest BCUT2D eigenvalue weighted by molar-refractivity contribution is 6.17.